The van der Waals surface area contributed by atoms with E-state index in [0.717, 1.165) is 29.1 Å². The molecule has 2 aromatic carbocycles. The normalized spacial score (nSPS) is 39.8. The van der Waals surface area contributed by atoms with Crippen LogP contribution in [0.25, 0.3) is 16.9 Å². The second kappa shape index (κ2) is 7.41. The first kappa shape index (κ1) is 23.8. The molecule has 0 amide bonds. The predicted octanol–water partition coefficient (Wildman–Crippen LogP) is 8.69. The number of alkyl halides is 6. The van der Waals surface area contributed by atoms with Gasteiger partial charge >= 0.3 is 0 Å². The summed E-state index contributed by atoms with van der Waals surface area (Å²) in [6.07, 6.45) is 0.884. The van der Waals surface area contributed by atoms with Crippen molar-refractivity contribution < 1.29 is 0 Å². The Hall–Kier alpha value is -0.320. The monoisotopic (exact) mass is 604 g/mol. The van der Waals surface area contributed by atoms with Crippen molar-refractivity contribution in [3.63, 3.8) is 0 Å². The Morgan fingerprint density at radius 2 is 1.40 bits per heavy atom. The molecule has 182 valence electrons. The van der Waals surface area contributed by atoms with E-state index in [-0.39, 0.29) is 23.7 Å². The third kappa shape index (κ3) is 2.62. The molecule has 3 aromatic rings. The maximum atomic E-state index is 7.34. The zero-order chi connectivity index (χ0) is 24.7. The quantitative estimate of drug-likeness (QED) is 0.211. The summed E-state index contributed by atoms with van der Waals surface area (Å²) in [6, 6.07) is 16.1. The number of fused-ring (bicyclic) bond motifs is 12. The number of nitrogens with zero attached hydrogens (tertiary/aromatic N) is 2. The van der Waals surface area contributed by atoms with Gasteiger partial charge in [0.05, 0.1) is 27.8 Å². The fourth-order valence-electron chi connectivity index (χ4n) is 7.48. The lowest BCUT2D eigenvalue weighted by Gasteiger charge is -2.44. The van der Waals surface area contributed by atoms with Gasteiger partial charge in [0.2, 0.25) is 0 Å². The summed E-state index contributed by atoms with van der Waals surface area (Å²) in [5.74, 6) is -0.125. The minimum absolute atomic E-state index is 0.0512. The molecule has 0 N–H and O–H groups in total. The second-order valence-electron chi connectivity index (χ2n) is 10.3. The van der Waals surface area contributed by atoms with E-state index < -0.39 is 24.8 Å². The molecular weight excluding hydrogens is 588 g/mol. The first-order valence-electron chi connectivity index (χ1n) is 11.5. The Kier molecular flexibility index (Phi) is 5.03. The van der Waals surface area contributed by atoms with Gasteiger partial charge in [0.25, 0.3) is 0 Å². The van der Waals surface area contributed by atoms with Gasteiger partial charge in [0, 0.05) is 22.1 Å². The lowest BCUT2D eigenvalue weighted by molar-refractivity contribution is 0.248. The van der Waals surface area contributed by atoms with E-state index in [0.29, 0.717) is 5.02 Å². The summed E-state index contributed by atoms with van der Waals surface area (Å²) >= 11 is 48.6. The molecule has 4 bridgehead atoms. The summed E-state index contributed by atoms with van der Waals surface area (Å²) < 4.78 is 0.582. The molecule has 8 atom stereocenters. The zero-order valence-electron chi connectivity index (χ0n) is 18.3. The highest BCUT2D eigenvalue weighted by atomic mass is 35.5. The third-order valence-corrected chi connectivity index (χ3v) is 13.8. The summed E-state index contributed by atoms with van der Waals surface area (Å²) in [4.78, 5) is -2.31. The maximum absolute atomic E-state index is 7.34. The second-order valence-corrected chi connectivity index (χ2v) is 14.3. The Bertz CT molecular complexity index is 1270. The highest BCUT2D eigenvalue weighted by Gasteiger charge is 2.89. The summed E-state index contributed by atoms with van der Waals surface area (Å²) in [5.41, 5.74) is 6.39. The van der Waals surface area contributed by atoms with Crippen molar-refractivity contribution >= 4 is 81.2 Å². The summed E-state index contributed by atoms with van der Waals surface area (Å²) in [5, 5.41) is 4.50. The van der Waals surface area contributed by atoms with E-state index in [2.05, 4.69) is 35.9 Å². The molecule has 1 aromatic heterocycles. The standard InChI is InChI=1S/C26H19Cl7N2/c1-11-2-8-14(9-3-11)35-21-16-10-15(17(21)20(34-35)12-4-6-13(27)7-5-12)18-19(16)25(31)23(29)22(28)24(18,30)26(25,32)33/h2-9,15-16,18-19,22-23H,10H2,1H3/t15-,16-,18?,19?,22?,23?,24+,25-/m1/s1. The van der Waals surface area contributed by atoms with Crippen LogP contribution in [-0.2, 0) is 0 Å². The van der Waals surface area contributed by atoms with Gasteiger partial charge in [-0.2, -0.15) is 5.10 Å². The summed E-state index contributed by atoms with van der Waals surface area (Å²) in [6.45, 7) is 2.07. The van der Waals surface area contributed by atoms with Gasteiger partial charge in [0.15, 0.2) is 4.33 Å². The molecule has 4 aliphatic rings. The number of hydrogen-bond donors (Lipinski definition) is 0. The molecule has 0 aliphatic heterocycles. The minimum atomic E-state index is -1.47. The number of rotatable bonds is 2. The van der Waals surface area contributed by atoms with Crippen molar-refractivity contribution in [2.24, 2.45) is 11.8 Å². The summed E-state index contributed by atoms with van der Waals surface area (Å²) in [7, 11) is 0. The van der Waals surface area contributed by atoms with Crippen LogP contribution in [0.15, 0.2) is 48.5 Å². The van der Waals surface area contributed by atoms with Gasteiger partial charge in [-0.05, 0) is 55.4 Å². The van der Waals surface area contributed by atoms with Crippen molar-refractivity contribution in [1.29, 1.82) is 0 Å². The Balaban J connectivity index is 1.48. The molecule has 7 rings (SSSR count). The number of aryl methyl sites for hydroxylation is 1. The average Bonchev–Trinajstić information content (AvgIpc) is 3.56. The Morgan fingerprint density at radius 3 is 2.00 bits per heavy atom. The first-order valence-corrected chi connectivity index (χ1v) is 14.3. The maximum Gasteiger partial charge on any atom is 0.159 e. The SMILES string of the molecule is Cc1ccc(-n2nc(-c3ccc(Cl)cc3)c3c2[C@@H]2C[C@H]3C3C2[C@@]2(Cl)C(Cl)C(Cl)[C@]3(Cl)C2(Cl)Cl)cc1. The van der Waals surface area contributed by atoms with Gasteiger partial charge in [-0.3, -0.25) is 0 Å². The van der Waals surface area contributed by atoms with Crippen LogP contribution in [0.2, 0.25) is 5.02 Å². The largest absolute Gasteiger partial charge is 0.237 e. The van der Waals surface area contributed by atoms with Crippen LogP contribution in [0.5, 0.6) is 0 Å². The van der Waals surface area contributed by atoms with E-state index in [1.807, 2.05) is 24.3 Å². The van der Waals surface area contributed by atoms with Crippen LogP contribution in [-0.4, -0.2) is 34.6 Å². The van der Waals surface area contributed by atoms with E-state index in [1.165, 1.54) is 11.1 Å². The highest BCUT2D eigenvalue weighted by Crippen LogP contribution is 2.84. The van der Waals surface area contributed by atoms with Crippen molar-refractivity contribution in [3.8, 4) is 16.9 Å². The molecule has 2 nitrogen and oxygen atoms in total. The number of halogens is 7. The van der Waals surface area contributed by atoms with Crippen molar-refractivity contribution in [3.05, 3.63) is 70.4 Å². The molecule has 0 saturated heterocycles. The molecule has 1 heterocycles. The Morgan fingerprint density at radius 1 is 0.829 bits per heavy atom. The number of benzene rings is 2. The van der Waals surface area contributed by atoms with Gasteiger partial charge in [-0.25, -0.2) is 4.68 Å². The van der Waals surface area contributed by atoms with Gasteiger partial charge in [-0.15, -0.1) is 46.4 Å². The van der Waals surface area contributed by atoms with Crippen LogP contribution >= 0.6 is 81.2 Å². The first-order chi connectivity index (χ1) is 16.5. The fourth-order valence-corrected chi connectivity index (χ4v) is 11.1. The minimum Gasteiger partial charge on any atom is -0.237 e. The van der Waals surface area contributed by atoms with E-state index in [4.69, 9.17) is 86.3 Å². The molecule has 3 saturated carbocycles. The smallest absolute Gasteiger partial charge is 0.159 e. The van der Waals surface area contributed by atoms with Crippen LogP contribution in [0.3, 0.4) is 0 Å². The Labute approximate surface area is 238 Å². The molecule has 4 aliphatic carbocycles. The third-order valence-electron chi connectivity index (χ3n) is 8.83. The molecular formula is C26H19Cl7N2. The van der Waals surface area contributed by atoms with E-state index in [9.17, 15) is 0 Å². The van der Waals surface area contributed by atoms with Crippen molar-refractivity contribution in [1.82, 2.24) is 9.78 Å². The molecule has 3 fully saturated rings. The van der Waals surface area contributed by atoms with E-state index >= 15 is 0 Å². The average molecular weight is 608 g/mol. The number of aromatic nitrogens is 2. The van der Waals surface area contributed by atoms with E-state index in [1.54, 1.807) is 0 Å². The van der Waals surface area contributed by atoms with Gasteiger partial charge < -0.3 is 0 Å². The molecule has 9 heteroatoms. The topological polar surface area (TPSA) is 17.8 Å². The molecule has 0 spiro atoms. The van der Waals surface area contributed by atoms with Crippen LogP contribution < -0.4 is 0 Å². The van der Waals surface area contributed by atoms with Gasteiger partial charge in [-0.1, -0.05) is 64.6 Å². The molecule has 4 unspecified atom stereocenters. The van der Waals surface area contributed by atoms with Crippen LogP contribution in [0.4, 0.5) is 0 Å². The lowest BCUT2D eigenvalue weighted by atomic mass is 9.69. The van der Waals surface area contributed by atoms with Crippen LogP contribution in [0.1, 0.15) is 35.1 Å². The van der Waals surface area contributed by atoms with Crippen LogP contribution in [0, 0.1) is 18.8 Å². The molecule has 0 radical (unpaired) electrons. The lowest BCUT2D eigenvalue weighted by Crippen LogP contribution is -2.51. The van der Waals surface area contributed by atoms with Crippen molar-refractivity contribution in [2.45, 2.75) is 50.0 Å². The highest BCUT2D eigenvalue weighted by molar-refractivity contribution is 6.62. The van der Waals surface area contributed by atoms with Crippen molar-refractivity contribution in [2.75, 3.05) is 0 Å². The fraction of sp³-hybridized carbons (Fsp3) is 0.423. The predicted molar refractivity (Wildman–Crippen MR) is 147 cm³/mol. The number of hydrogen-bond acceptors (Lipinski definition) is 1. The van der Waals surface area contributed by atoms with Gasteiger partial charge in [0.1, 0.15) is 9.75 Å². The zero-order valence-corrected chi connectivity index (χ0v) is 23.6. The molecule has 35 heavy (non-hydrogen) atoms.